The highest BCUT2D eigenvalue weighted by atomic mass is 16.6. The van der Waals surface area contributed by atoms with Crippen LogP contribution in [-0.2, 0) is 0 Å². The van der Waals surface area contributed by atoms with Crippen LogP contribution < -0.4 is 16.0 Å². The molecule has 1 aliphatic heterocycles. The molecule has 1 amide bonds. The zero-order valence-electron chi connectivity index (χ0n) is 12.2. The minimum Gasteiger partial charge on any atom is -0.364 e. The summed E-state index contributed by atoms with van der Waals surface area (Å²) in [6.07, 6.45) is 0.898. The second kappa shape index (κ2) is 6.09. The van der Waals surface area contributed by atoms with Crippen LogP contribution in [0.3, 0.4) is 0 Å². The average molecular weight is 292 g/mol. The van der Waals surface area contributed by atoms with E-state index < -0.39 is 4.92 Å². The molecule has 1 aromatic rings. The maximum absolute atomic E-state index is 11.6. The number of amides is 1. The summed E-state index contributed by atoms with van der Waals surface area (Å²) in [5, 5.41) is 13.8. The molecule has 0 aromatic heterocycles. The smallest absolute Gasteiger partial charge is 0.293 e. The number of nitrogens with one attached hydrogen (secondary N) is 1. The fourth-order valence-electron chi connectivity index (χ4n) is 2.54. The molecule has 0 aliphatic carbocycles. The summed E-state index contributed by atoms with van der Waals surface area (Å²) >= 11 is 0. The fraction of sp³-hybridized carbons (Fsp3) is 0.500. The van der Waals surface area contributed by atoms with Gasteiger partial charge in [-0.05, 0) is 24.5 Å². The molecule has 1 aromatic carbocycles. The molecular formula is C14H20N4O3. The normalized spacial score (nSPS) is 22.0. The quantitative estimate of drug-likeness (QED) is 0.642. The maximum Gasteiger partial charge on any atom is 0.293 e. The van der Waals surface area contributed by atoms with Crippen molar-refractivity contribution in [3.63, 3.8) is 0 Å². The zero-order chi connectivity index (χ0) is 15.6. The van der Waals surface area contributed by atoms with Gasteiger partial charge in [-0.1, -0.05) is 6.92 Å². The van der Waals surface area contributed by atoms with Crippen molar-refractivity contribution in [2.45, 2.75) is 19.4 Å². The Hall–Kier alpha value is -2.15. The molecule has 7 heteroatoms. The van der Waals surface area contributed by atoms with Crippen molar-refractivity contribution in [3.05, 3.63) is 33.9 Å². The number of rotatable bonds is 3. The summed E-state index contributed by atoms with van der Waals surface area (Å²) in [5.74, 6) is 0.0686. The van der Waals surface area contributed by atoms with E-state index in [9.17, 15) is 14.9 Å². The number of nitrogens with zero attached hydrogens (tertiary/aromatic N) is 2. The Morgan fingerprint density at radius 3 is 2.81 bits per heavy atom. The van der Waals surface area contributed by atoms with Gasteiger partial charge in [-0.15, -0.1) is 0 Å². The Morgan fingerprint density at radius 2 is 2.24 bits per heavy atom. The van der Waals surface area contributed by atoms with Crippen molar-refractivity contribution in [1.82, 2.24) is 5.32 Å². The number of hydrogen-bond donors (Lipinski definition) is 2. The van der Waals surface area contributed by atoms with Gasteiger partial charge in [0, 0.05) is 37.8 Å². The predicted octanol–water partition coefficient (Wildman–Crippen LogP) is 1.13. The monoisotopic (exact) mass is 292 g/mol. The topological polar surface area (TPSA) is 102 Å². The van der Waals surface area contributed by atoms with Crippen molar-refractivity contribution in [2.24, 2.45) is 11.7 Å². The van der Waals surface area contributed by atoms with Crippen molar-refractivity contribution in [1.29, 1.82) is 0 Å². The van der Waals surface area contributed by atoms with Crippen molar-refractivity contribution < 1.29 is 9.72 Å². The van der Waals surface area contributed by atoms with Gasteiger partial charge in [0.25, 0.3) is 11.6 Å². The molecule has 0 saturated carbocycles. The molecule has 1 heterocycles. The number of carbonyl (C=O) groups excluding carboxylic acids is 1. The van der Waals surface area contributed by atoms with E-state index in [1.807, 2.05) is 4.90 Å². The van der Waals surface area contributed by atoms with E-state index in [1.165, 1.54) is 13.1 Å². The van der Waals surface area contributed by atoms with Crippen LogP contribution in [0.15, 0.2) is 18.2 Å². The second-order valence-corrected chi connectivity index (χ2v) is 5.42. The largest absolute Gasteiger partial charge is 0.364 e. The zero-order valence-corrected chi connectivity index (χ0v) is 12.2. The molecule has 1 saturated heterocycles. The van der Waals surface area contributed by atoms with Crippen LogP contribution >= 0.6 is 0 Å². The Kier molecular flexibility index (Phi) is 4.42. The first-order valence-corrected chi connectivity index (χ1v) is 6.95. The van der Waals surface area contributed by atoms with E-state index >= 15 is 0 Å². The number of hydrogen-bond acceptors (Lipinski definition) is 5. The van der Waals surface area contributed by atoms with E-state index in [1.54, 1.807) is 12.1 Å². The SMILES string of the molecule is CNC(=O)c1ccc(N2CCC(C)C(N)C2)c([N+](=O)[O-])c1. The fourth-order valence-corrected chi connectivity index (χ4v) is 2.54. The van der Waals surface area contributed by atoms with Gasteiger partial charge in [-0.3, -0.25) is 14.9 Å². The Bertz CT molecular complexity index is 561. The molecule has 21 heavy (non-hydrogen) atoms. The van der Waals surface area contributed by atoms with Gasteiger partial charge in [0.1, 0.15) is 5.69 Å². The molecule has 2 unspecified atom stereocenters. The number of anilines is 1. The molecule has 1 aliphatic rings. The van der Waals surface area contributed by atoms with Crippen LogP contribution in [0, 0.1) is 16.0 Å². The molecule has 0 radical (unpaired) electrons. The Morgan fingerprint density at radius 1 is 1.52 bits per heavy atom. The van der Waals surface area contributed by atoms with Gasteiger partial charge in [-0.25, -0.2) is 0 Å². The molecule has 0 spiro atoms. The molecule has 3 N–H and O–H groups in total. The van der Waals surface area contributed by atoms with Crippen LogP contribution in [0.5, 0.6) is 0 Å². The minimum atomic E-state index is -0.453. The third-order valence-electron chi connectivity index (χ3n) is 4.02. The number of nitrogens with two attached hydrogens (primary N) is 1. The van der Waals surface area contributed by atoms with E-state index in [0.29, 0.717) is 18.2 Å². The lowest BCUT2D eigenvalue weighted by Gasteiger charge is -2.36. The molecule has 0 bridgehead atoms. The van der Waals surface area contributed by atoms with Gasteiger partial charge >= 0.3 is 0 Å². The molecule has 1 fully saturated rings. The summed E-state index contributed by atoms with van der Waals surface area (Å²) in [5.41, 5.74) is 6.80. The number of piperidine rings is 1. The Balaban J connectivity index is 2.35. The number of benzene rings is 1. The second-order valence-electron chi connectivity index (χ2n) is 5.42. The standard InChI is InChI=1S/C14H20N4O3/c1-9-5-6-17(8-11(9)15)12-4-3-10(14(19)16-2)7-13(12)18(20)21/h3-4,7,9,11H,5-6,8,15H2,1-2H3,(H,16,19). The summed E-state index contributed by atoms with van der Waals surface area (Å²) in [6.45, 7) is 3.40. The summed E-state index contributed by atoms with van der Waals surface area (Å²) in [4.78, 5) is 24.4. The van der Waals surface area contributed by atoms with E-state index in [-0.39, 0.29) is 23.2 Å². The van der Waals surface area contributed by atoms with Crippen molar-refractivity contribution in [3.8, 4) is 0 Å². The highest BCUT2D eigenvalue weighted by Gasteiger charge is 2.28. The summed E-state index contributed by atoms with van der Waals surface area (Å²) < 4.78 is 0. The Labute approximate surface area is 123 Å². The van der Waals surface area contributed by atoms with E-state index in [4.69, 9.17) is 5.73 Å². The van der Waals surface area contributed by atoms with Crippen molar-refractivity contribution >= 4 is 17.3 Å². The lowest BCUT2D eigenvalue weighted by Crippen LogP contribution is -2.47. The molecular weight excluding hydrogens is 272 g/mol. The predicted molar refractivity (Wildman–Crippen MR) is 80.5 cm³/mol. The molecule has 7 nitrogen and oxygen atoms in total. The summed E-state index contributed by atoms with van der Waals surface area (Å²) in [7, 11) is 1.49. The first-order valence-electron chi connectivity index (χ1n) is 6.95. The van der Waals surface area contributed by atoms with Crippen LogP contribution in [0.2, 0.25) is 0 Å². The first-order chi connectivity index (χ1) is 9.93. The van der Waals surface area contributed by atoms with Gasteiger partial charge in [0.15, 0.2) is 0 Å². The third-order valence-corrected chi connectivity index (χ3v) is 4.02. The van der Waals surface area contributed by atoms with Crippen LogP contribution in [0.1, 0.15) is 23.7 Å². The van der Waals surface area contributed by atoms with E-state index in [0.717, 1.165) is 13.0 Å². The average Bonchev–Trinajstić information content (AvgIpc) is 2.48. The molecule has 114 valence electrons. The third kappa shape index (κ3) is 3.13. The lowest BCUT2D eigenvalue weighted by molar-refractivity contribution is -0.384. The highest BCUT2D eigenvalue weighted by Crippen LogP contribution is 2.32. The molecule has 2 atom stereocenters. The van der Waals surface area contributed by atoms with E-state index in [2.05, 4.69) is 12.2 Å². The number of carbonyl (C=O) groups is 1. The lowest BCUT2D eigenvalue weighted by atomic mass is 9.93. The highest BCUT2D eigenvalue weighted by molar-refractivity contribution is 5.95. The number of nitro groups is 1. The van der Waals surface area contributed by atoms with Gasteiger partial charge in [0.2, 0.25) is 0 Å². The minimum absolute atomic E-state index is 0.00280. The van der Waals surface area contributed by atoms with Crippen LogP contribution in [-0.4, -0.2) is 37.0 Å². The molecule has 2 rings (SSSR count). The van der Waals surface area contributed by atoms with Crippen LogP contribution in [0.4, 0.5) is 11.4 Å². The van der Waals surface area contributed by atoms with Crippen LogP contribution in [0.25, 0.3) is 0 Å². The van der Waals surface area contributed by atoms with Gasteiger partial charge in [-0.2, -0.15) is 0 Å². The van der Waals surface area contributed by atoms with Gasteiger partial charge < -0.3 is 16.0 Å². The van der Waals surface area contributed by atoms with Crippen molar-refractivity contribution in [2.75, 3.05) is 25.0 Å². The summed E-state index contributed by atoms with van der Waals surface area (Å²) in [6, 6.07) is 4.55. The maximum atomic E-state index is 11.6. The first kappa shape index (κ1) is 15.2. The van der Waals surface area contributed by atoms with Gasteiger partial charge in [0.05, 0.1) is 4.92 Å². The number of nitro benzene ring substituents is 1.